The van der Waals surface area contributed by atoms with Gasteiger partial charge in [-0.15, -0.1) is 0 Å². The van der Waals surface area contributed by atoms with E-state index in [-0.39, 0.29) is 5.82 Å². The zero-order valence-corrected chi connectivity index (χ0v) is 12.3. The number of fused-ring (bicyclic) bond motifs is 1. The molecule has 0 atom stereocenters. The highest BCUT2D eigenvalue weighted by atomic mass is 19.1. The Kier molecular flexibility index (Phi) is 3.65. The van der Waals surface area contributed by atoms with Crippen LogP contribution in [0.3, 0.4) is 0 Å². The smallest absolute Gasteiger partial charge is 0.123 e. The number of nitrogens with zero attached hydrogens (tertiary/aromatic N) is 1. The van der Waals surface area contributed by atoms with Crippen LogP contribution in [0.1, 0.15) is 18.1 Å². The number of hydrogen-bond donors (Lipinski definition) is 0. The van der Waals surface area contributed by atoms with Gasteiger partial charge in [-0.25, -0.2) is 4.39 Å². The second kappa shape index (κ2) is 5.60. The van der Waals surface area contributed by atoms with Crippen molar-refractivity contribution in [1.82, 2.24) is 4.57 Å². The Morgan fingerprint density at radius 1 is 1.10 bits per heavy atom. The molecule has 3 rings (SSSR count). The van der Waals surface area contributed by atoms with E-state index in [9.17, 15) is 4.39 Å². The Labute approximate surface area is 123 Å². The second-order valence-corrected chi connectivity index (χ2v) is 5.20. The fraction of sp³-hybridized carbons (Fsp3) is 0.222. The fourth-order valence-corrected chi connectivity index (χ4v) is 2.55. The summed E-state index contributed by atoms with van der Waals surface area (Å²) < 4.78 is 20.9. The minimum absolute atomic E-state index is 0.250. The van der Waals surface area contributed by atoms with Gasteiger partial charge in [0, 0.05) is 29.2 Å². The van der Waals surface area contributed by atoms with Gasteiger partial charge in [-0.05, 0) is 49.7 Å². The number of aryl methyl sites for hydroxylation is 2. The predicted molar refractivity (Wildman–Crippen MR) is 83.1 cm³/mol. The molecule has 2 nitrogen and oxygen atoms in total. The van der Waals surface area contributed by atoms with Gasteiger partial charge in [0.25, 0.3) is 0 Å². The third kappa shape index (κ3) is 2.77. The number of aromatic nitrogens is 1. The largest absolute Gasteiger partial charge is 0.489 e. The molecule has 1 aromatic heterocycles. The third-order valence-corrected chi connectivity index (χ3v) is 3.67. The molecule has 0 radical (unpaired) electrons. The van der Waals surface area contributed by atoms with E-state index in [1.54, 1.807) is 12.1 Å². The van der Waals surface area contributed by atoms with Crippen LogP contribution >= 0.6 is 0 Å². The highest BCUT2D eigenvalue weighted by Gasteiger charge is 2.08. The Morgan fingerprint density at radius 2 is 1.86 bits per heavy atom. The van der Waals surface area contributed by atoms with Crippen LogP contribution in [0.25, 0.3) is 10.9 Å². The molecule has 0 amide bonds. The minimum atomic E-state index is -0.250. The average Bonchev–Trinajstić information content (AvgIpc) is 2.84. The van der Waals surface area contributed by atoms with Crippen LogP contribution in [-0.4, -0.2) is 4.57 Å². The zero-order valence-electron chi connectivity index (χ0n) is 12.3. The molecule has 0 saturated carbocycles. The molecule has 0 aliphatic carbocycles. The van der Waals surface area contributed by atoms with E-state index in [0.29, 0.717) is 12.4 Å². The van der Waals surface area contributed by atoms with E-state index in [0.717, 1.165) is 12.1 Å². The Balaban J connectivity index is 1.88. The number of halogens is 1. The molecule has 3 aromatic rings. The van der Waals surface area contributed by atoms with Crippen LogP contribution in [0.2, 0.25) is 0 Å². The Morgan fingerprint density at radius 3 is 2.57 bits per heavy atom. The normalized spacial score (nSPS) is 11.0. The second-order valence-electron chi connectivity index (χ2n) is 5.20. The van der Waals surface area contributed by atoms with Crippen molar-refractivity contribution in [1.29, 1.82) is 0 Å². The molecule has 108 valence electrons. The van der Waals surface area contributed by atoms with E-state index in [1.807, 2.05) is 0 Å². The molecule has 0 aliphatic rings. The lowest BCUT2D eigenvalue weighted by Crippen LogP contribution is -1.95. The fourth-order valence-electron chi connectivity index (χ4n) is 2.55. The average molecular weight is 283 g/mol. The lowest BCUT2D eigenvalue weighted by molar-refractivity contribution is 0.307. The van der Waals surface area contributed by atoms with Crippen molar-refractivity contribution >= 4 is 10.9 Å². The topological polar surface area (TPSA) is 14.2 Å². The molecular formula is C18H18FNO. The summed E-state index contributed by atoms with van der Waals surface area (Å²) in [6, 6.07) is 12.6. The van der Waals surface area contributed by atoms with Crippen molar-refractivity contribution in [2.24, 2.45) is 0 Å². The lowest BCUT2D eigenvalue weighted by atomic mass is 10.1. The van der Waals surface area contributed by atoms with Gasteiger partial charge in [0.15, 0.2) is 0 Å². The molecule has 0 bridgehead atoms. The molecule has 3 heteroatoms. The summed E-state index contributed by atoms with van der Waals surface area (Å²) in [6.07, 6.45) is 2.13. The van der Waals surface area contributed by atoms with Gasteiger partial charge < -0.3 is 9.30 Å². The Hall–Kier alpha value is -2.29. The SMILES string of the molecule is CCn1cc(COc2ccc(F)cc2)c2ccc(C)cc21. The van der Waals surface area contributed by atoms with Gasteiger partial charge in [-0.2, -0.15) is 0 Å². The standard InChI is InChI=1S/C18H18FNO/c1-3-20-11-14(17-9-4-13(2)10-18(17)20)12-21-16-7-5-15(19)6-8-16/h4-11H,3,12H2,1-2H3. The van der Waals surface area contributed by atoms with Gasteiger partial charge in [0.05, 0.1) is 0 Å². The van der Waals surface area contributed by atoms with Gasteiger partial charge in [0.1, 0.15) is 18.2 Å². The maximum Gasteiger partial charge on any atom is 0.123 e. The number of ether oxygens (including phenoxy) is 1. The molecule has 2 aromatic carbocycles. The van der Waals surface area contributed by atoms with E-state index >= 15 is 0 Å². The number of benzene rings is 2. The molecular weight excluding hydrogens is 265 g/mol. The first-order valence-corrected chi connectivity index (χ1v) is 7.14. The summed E-state index contributed by atoms with van der Waals surface area (Å²) in [7, 11) is 0. The molecule has 0 N–H and O–H groups in total. The summed E-state index contributed by atoms with van der Waals surface area (Å²) in [4.78, 5) is 0. The minimum Gasteiger partial charge on any atom is -0.489 e. The monoisotopic (exact) mass is 283 g/mol. The lowest BCUT2D eigenvalue weighted by Gasteiger charge is -2.05. The summed E-state index contributed by atoms with van der Waals surface area (Å²) in [5.74, 6) is 0.432. The van der Waals surface area contributed by atoms with Crippen LogP contribution < -0.4 is 4.74 Å². The summed E-state index contributed by atoms with van der Waals surface area (Å²) in [5.41, 5.74) is 3.63. The van der Waals surface area contributed by atoms with Crippen molar-refractivity contribution in [2.45, 2.75) is 27.0 Å². The van der Waals surface area contributed by atoms with Gasteiger partial charge in [0.2, 0.25) is 0 Å². The molecule has 0 aliphatic heterocycles. The zero-order chi connectivity index (χ0) is 14.8. The first kappa shape index (κ1) is 13.7. The number of rotatable bonds is 4. The molecule has 0 fully saturated rings. The summed E-state index contributed by atoms with van der Waals surface area (Å²) >= 11 is 0. The van der Waals surface area contributed by atoms with Crippen LogP contribution in [-0.2, 0) is 13.2 Å². The van der Waals surface area contributed by atoms with Gasteiger partial charge >= 0.3 is 0 Å². The van der Waals surface area contributed by atoms with Gasteiger partial charge in [-0.1, -0.05) is 12.1 Å². The van der Waals surface area contributed by atoms with E-state index < -0.39 is 0 Å². The molecule has 0 unspecified atom stereocenters. The summed E-state index contributed by atoms with van der Waals surface area (Å²) in [6.45, 7) is 5.64. The first-order chi connectivity index (χ1) is 10.2. The van der Waals surface area contributed by atoms with Crippen molar-refractivity contribution < 1.29 is 9.13 Å². The van der Waals surface area contributed by atoms with Crippen molar-refractivity contribution in [2.75, 3.05) is 0 Å². The van der Waals surface area contributed by atoms with Crippen molar-refractivity contribution in [3.63, 3.8) is 0 Å². The van der Waals surface area contributed by atoms with E-state index in [2.05, 4.69) is 42.8 Å². The van der Waals surface area contributed by atoms with E-state index in [1.165, 1.54) is 28.6 Å². The van der Waals surface area contributed by atoms with E-state index in [4.69, 9.17) is 4.74 Å². The maximum absolute atomic E-state index is 12.9. The molecule has 0 spiro atoms. The highest BCUT2D eigenvalue weighted by Crippen LogP contribution is 2.24. The molecule has 21 heavy (non-hydrogen) atoms. The van der Waals surface area contributed by atoms with Crippen molar-refractivity contribution in [3.05, 3.63) is 65.6 Å². The van der Waals surface area contributed by atoms with Crippen LogP contribution in [0.15, 0.2) is 48.7 Å². The summed E-state index contributed by atoms with van der Waals surface area (Å²) in [5, 5.41) is 1.21. The van der Waals surface area contributed by atoms with Crippen molar-refractivity contribution in [3.8, 4) is 5.75 Å². The maximum atomic E-state index is 12.9. The quantitative estimate of drug-likeness (QED) is 0.677. The first-order valence-electron chi connectivity index (χ1n) is 7.14. The molecule has 0 saturated heterocycles. The number of hydrogen-bond acceptors (Lipinski definition) is 1. The van der Waals surface area contributed by atoms with Crippen LogP contribution in [0.5, 0.6) is 5.75 Å². The third-order valence-electron chi connectivity index (χ3n) is 3.67. The molecule has 1 heterocycles. The predicted octanol–water partition coefficient (Wildman–Crippen LogP) is 4.69. The Bertz CT molecular complexity index is 759. The van der Waals surface area contributed by atoms with Gasteiger partial charge in [-0.3, -0.25) is 0 Å². The van der Waals surface area contributed by atoms with Crippen LogP contribution in [0.4, 0.5) is 4.39 Å². The van der Waals surface area contributed by atoms with Crippen LogP contribution in [0, 0.1) is 12.7 Å². The highest BCUT2D eigenvalue weighted by molar-refractivity contribution is 5.84.